The van der Waals surface area contributed by atoms with Crippen molar-refractivity contribution in [2.45, 2.75) is 6.18 Å². The van der Waals surface area contributed by atoms with Crippen molar-refractivity contribution in [3.63, 3.8) is 0 Å². The van der Waals surface area contributed by atoms with E-state index in [1.165, 1.54) is 6.07 Å². The number of carbonyl (C=O) groups is 1. The maximum Gasteiger partial charge on any atom is 0.416 e. The van der Waals surface area contributed by atoms with Gasteiger partial charge in [0.05, 0.1) is 16.8 Å². The third kappa shape index (κ3) is 4.00. The Morgan fingerprint density at radius 2 is 1.58 bits per heavy atom. The third-order valence-electron chi connectivity index (χ3n) is 4.41. The van der Waals surface area contributed by atoms with Gasteiger partial charge >= 0.3 is 6.18 Å². The van der Waals surface area contributed by atoms with Crippen molar-refractivity contribution in [2.75, 3.05) is 5.73 Å². The topological polar surface area (TPSA) is 130 Å². The molecular weight excluding hydrogens is 414 g/mol. The Hall–Kier alpha value is -4.44. The summed E-state index contributed by atoms with van der Waals surface area (Å²) in [5.41, 5.74) is 9.33. The molecule has 10 heteroatoms. The first-order valence-electron chi connectivity index (χ1n) is 8.49. The zero-order chi connectivity index (χ0) is 22.9. The molecule has 1 amide bonds. The van der Waals surface area contributed by atoms with Gasteiger partial charge in [-0.25, -0.2) is 9.37 Å². The molecule has 0 bridgehead atoms. The molecule has 0 radical (unpaired) electrons. The highest BCUT2D eigenvalue weighted by Crippen LogP contribution is 2.38. The van der Waals surface area contributed by atoms with E-state index in [4.69, 9.17) is 11.5 Å². The molecule has 6 nitrogen and oxygen atoms in total. The number of aromatic nitrogens is 1. The molecule has 0 fully saturated rings. The molecule has 2 aromatic carbocycles. The molecule has 3 rings (SSSR count). The fourth-order valence-corrected chi connectivity index (χ4v) is 3.02. The predicted octanol–water partition coefficient (Wildman–Crippen LogP) is 4.00. The van der Waals surface area contributed by atoms with E-state index in [9.17, 15) is 32.9 Å². The number of halogens is 4. The molecule has 0 atom stereocenters. The lowest BCUT2D eigenvalue weighted by atomic mass is 9.91. The predicted molar refractivity (Wildman–Crippen MR) is 102 cm³/mol. The van der Waals surface area contributed by atoms with Crippen LogP contribution in [0.2, 0.25) is 0 Å². The number of nitriles is 2. The number of pyridine rings is 1. The smallest absolute Gasteiger partial charge is 0.383 e. The molecular formula is C21H11F4N5O. The second-order valence-corrected chi connectivity index (χ2v) is 6.36. The molecule has 1 aromatic heterocycles. The summed E-state index contributed by atoms with van der Waals surface area (Å²) in [6.45, 7) is 0. The van der Waals surface area contributed by atoms with Crippen molar-refractivity contribution in [1.82, 2.24) is 4.98 Å². The first kappa shape index (κ1) is 21.3. The first-order valence-corrected chi connectivity index (χ1v) is 8.49. The number of primary amides is 1. The number of nitrogen functional groups attached to an aromatic ring is 1. The molecule has 31 heavy (non-hydrogen) atoms. The number of anilines is 1. The van der Waals surface area contributed by atoms with Crippen molar-refractivity contribution in [3.05, 3.63) is 70.5 Å². The van der Waals surface area contributed by atoms with Crippen molar-refractivity contribution >= 4 is 11.7 Å². The average molecular weight is 425 g/mol. The van der Waals surface area contributed by atoms with Crippen LogP contribution in [0.5, 0.6) is 0 Å². The quantitative estimate of drug-likeness (QED) is 0.613. The van der Waals surface area contributed by atoms with Crippen LogP contribution < -0.4 is 11.5 Å². The molecule has 0 aliphatic rings. The van der Waals surface area contributed by atoms with Gasteiger partial charge in [0.1, 0.15) is 29.3 Å². The Balaban J connectivity index is 2.34. The molecule has 4 N–H and O–H groups in total. The van der Waals surface area contributed by atoms with Crippen molar-refractivity contribution < 1.29 is 22.4 Å². The number of hydrogen-bond acceptors (Lipinski definition) is 5. The second kappa shape index (κ2) is 7.76. The van der Waals surface area contributed by atoms with Gasteiger partial charge in [-0.15, -0.1) is 0 Å². The van der Waals surface area contributed by atoms with Gasteiger partial charge in [-0.05, 0) is 35.9 Å². The maximum absolute atomic E-state index is 14.0. The van der Waals surface area contributed by atoms with Crippen molar-refractivity contribution in [2.24, 2.45) is 5.73 Å². The van der Waals surface area contributed by atoms with E-state index >= 15 is 0 Å². The van der Waals surface area contributed by atoms with E-state index in [0.717, 1.165) is 36.4 Å². The molecule has 0 spiro atoms. The minimum absolute atomic E-state index is 0.0188. The summed E-state index contributed by atoms with van der Waals surface area (Å²) in [6, 6.07) is 10.5. The summed E-state index contributed by atoms with van der Waals surface area (Å²) in [4.78, 5) is 15.5. The largest absolute Gasteiger partial charge is 0.416 e. The number of rotatable bonds is 3. The summed E-state index contributed by atoms with van der Waals surface area (Å²) in [5.74, 6) is -2.09. The fraction of sp³-hybridized carbons (Fsp3) is 0.0476. The molecule has 0 aliphatic heterocycles. The van der Waals surface area contributed by atoms with Gasteiger partial charge in [-0.2, -0.15) is 23.7 Å². The Morgan fingerprint density at radius 3 is 2.10 bits per heavy atom. The van der Waals surface area contributed by atoms with E-state index in [1.807, 2.05) is 6.07 Å². The van der Waals surface area contributed by atoms with Crippen LogP contribution in [-0.4, -0.2) is 10.9 Å². The lowest BCUT2D eigenvalue weighted by molar-refractivity contribution is -0.137. The van der Waals surface area contributed by atoms with Crippen LogP contribution in [0.4, 0.5) is 23.4 Å². The second-order valence-electron chi connectivity index (χ2n) is 6.36. The number of hydrogen-bond donors (Lipinski definition) is 2. The summed E-state index contributed by atoms with van der Waals surface area (Å²) in [6.07, 6.45) is -4.58. The van der Waals surface area contributed by atoms with Crippen LogP contribution in [0.3, 0.4) is 0 Å². The van der Waals surface area contributed by atoms with Crippen LogP contribution in [0.15, 0.2) is 42.5 Å². The van der Waals surface area contributed by atoms with E-state index in [0.29, 0.717) is 0 Å². The molecule has 3 aromatic rings. The Bertz CT molecular complexity index is 1290. The van der Waals surface area contributed by atoms with E-state index in [2.05, 4.69) is 4.98 Å². The molecule has 0 unspecified atom stereocenters. The highest BCUT2D eigenvalue weighted by Gasteiger charge is 2.30. The van der Waals surface area contributed by atoms with E-state index in [-0.39, 0.29) is 44.9 Å². The van der Waals surface area contributed by atoms with E-state index in [1.54, 1.807) is 6.07 Å². The monoisotopic (exact) mass is 425 g/mol. The van der Waals surface area contributed by atoms with Crippen LogP contribution >= 0.6 is 0 Å². The van der Waals surface area contributed by atoms with Crippen LogP contribution in [0.1, 0.15) is 27.0 Å². The van der Waals surface area contributed by atoms with Gasteiger partial charge in [0.25, 0.3) is 0 Å². The molecule has 0 saturated carbocycles. The zero-order valence-electron chi connectivity index (χ0n) is 15.5. The van der Waals surface area contributed by atoms with Crippen LogP contribution in [0, 0.1) is 28.5 Å². The highest BCUT2D eigenvalue weighted by molar-refractivity contribution is 5.95. The van der Waals surface area contributed by atoms with Crippen molar-refractivity contribution in [3.8, 4) is 34.5 Å². The Kier molecular flexibility index (Phi) is 5.33. The first-order chi connectivity index (χ1) is 14.6. The lowest BCUT2D eigenvalue weighted by Crippen LogP contribution is -2.11. The van der Waals surface area contributed by atoms with Gasteiger partial charge in [-0.3, -0.25) is 4.79 Å². The summed E-state index contributed by atoms with van der Waals surface area (Å²) >= 11 is 0. The van der Waals surface area contributed by atoms with Crippen molar-refractivity contribution in [1.29, 1.82) is 10.5 Å². The molecule has 154 valence electrons. The standard InChI is InChI=1S/C21H11F4N5O/c22-14-6-11(5-12(7-14)20(29)31)18-15(8-26)17(16(9-27)19(28)30-18)10-1-3-13(4-2-10)21(23,24)25/h1-7H,(H2,28,30)(H2,29,31). The Labute approximate surface area is 173 Å². The van der Waals surface area contributed by atoms with Gasteiger partial charge < -0.3 is 11.5 Å². The summed E-state index contributed by atoms with van der Waals surface area (Å²) in [5, 5.41) is 19.3. The number of alkyl halides is 3. The number of benzene rings is 2. The van der Waals surface area contributed by atoms with Crippen LogP contribution in [-0.2, 0) is 6.18 Å². The maximum atomic E-state index is 14.0. The zero-order valence-corrected chi connectivity index (χ0v) is 15.5. The molecule has 0 aliphatic carbocycles. The number of nitrogens with zero attached hydrogens (tertiary/aromatic N) is 3. The summed E-state index contributed by atoms with van der Waals surface area (Å²) < 4.78 is 52.7. The average Bonchev–Trinajstić information content (AvgIpc) is 2.71. The number of carbonyl (C=O) groups excluding carboxylic acids is 1. The van der Waals surface area contributed by atoms with Crippen LogP contribution in [0.25, 0.3) is 22.4 Å². The molecule has 0 saturated heterocycles. The molecule has 1 heterocycles. The Morgan fingerprint density at radius 1 is 0.968 bits per heavy atom. The summed E-state index contributed by atoms with van der Waals surface area (Å²) in [7, 11) is 0. The minimum Gasteiger partial charge on any atom is -0.383 e. The fourth-order valence-electron chi connectivity index (χ4n) is 3.02. The SMILES string of the molecule is N#Cc1c(N)nc(-c2cc(F)cc(C(N)=O)c2)c(C#N)c1-c1ccc(C(F)(F)F)cc1. The number of amides is 1. The lowest BCUT2D eigenvalue weighted by Gasteiger charge is -2.15. The highest BCUT2D eigenvalue weighted by atomic mass is 19.4. The third-order valence-corrected chi connectivity index (χ3v) is 4.41. The van der Waals surface area contributed by atoms with Gasteiger partial charge in [-0.1, -0.05) is 12.1 Å². The van der Waals surface area contributed by atoms with E-state index < -0.39 is 23.5 Å². The minimum atomic E-state index is -4.58. The van der Waals surface area contributed by atoms with Gasteiger partial charge in [0, 0.05) is 16.7 Å². The normalized spacial score (nSPS) is 10.9. The van der Waals surface area contributed by atoms with Gasteiger partial charge in [0.15, 0.2) is 0 Å². The number of nitrogens with two attached hydrogens (primary N) is 2. The van der Waals surface area contributed by atoms with Gasteiger partial charge in [0.2, 0.25) is 5.91 Å².